The van der Waals surface area contributed by atoms with Crippen molar-refractivity contribution >= 4 is 43.1 Å². The highest BCUT2D eigenvalue weighted by molar-refractivity contribution is 8.94. The molecule has 1 fully saturated rings. The van der Waals surface area contributed by atoms with E-state index in [1.54, 1.807) is 0 Å². The molecule has 3 rings (SSSR count). The van der Waals surface area contributed by atoms with Crippen LogP contribution in [0, 0.1) is 0 Å². The average molecular weight is 347 g/mol. The molecular weight excluding hydrogens is 331 g/mol. The van der Waals surface area contributed by atoms with E-state index in [-0.39, 0.29) is 0 Å². The zero-order valence-electron chi connectivity index (χ0n) is 11.1. The van der Waals surface area contributed by atoms with Crippen LogP contribution < -0.4 is 0 Å². The molecule has 6 heteroatoms. The molecular formula is C14H16Cl2N2S2. The van der Waals surface area contributed by atoms with Gasteiger partial charge in [-0.3, -0.25) is 0 Å². The lowest BCUT2D eigenvalue weighted by Crippen LogP contribution is -2.12. The monoisotopic (exact) mass is 346 g/mol. The van der Waals surface area contributed by atoms with Gasteiger partial charge >= 0.3 is 0 Å². The van der Waals surface area contributed by atoms with Crippen LogP contribution in [-0.2, 0) is 0 Å². The summed E-state index contributed by atoms with van der Waals surface area (Å²) in [5.41, 5.74) is 0. The summed E-state index contributed by atoms with van der Waals surface area (Å²) in [6.45, 7) is 2.28. The molecule has 2 aromatic rings. The zero-order valence-corrected chi connectivity index (χ0v) is 14.3. The molecule has 0 aliphatic carbocycles. The van der Waals surface area contributed by atoms with Crippen LogP contribution >= 0.6 is 43.1 Å². The van der Waals surface area contributed by atoms with Crippen molar-refractivity contribution in [1.82, 2.24) is 9.55 Å². The van der Waals surface area contributed by atoms with Gasteiger partial charge in [0.2, 0.25) is 0 Å². The SMILES string of the molecule is CC(n1ccnc1)S1(c2ccc(Cl)cc2Cl)CCCS1. The second kappa shape index (κ2) is 5.84. The molecule has 1 aliphatic rings. The van der Waals surface area contributed by atoms with Crippen LogP contribution in [0.5, 0.6) is 0 Å². The smallest absolute Gasteiger partial charge is 0.0955 e. The summed E-state index contributed by atoms with van der Waals surface area (Å²) in [5, 5.41) is 1.89. The number of nitrogens with zero attached hydrogens (tertiary/aromatic N) is 2. The molecule has 1 aromatic heterocycles. The topological polar surface area (TPSA) is 17.8 Å². The van der Waals surface area contributed by atoms with E-state index in [0.717, 1.165) is 5.02 Å². The first-order valence-electron chi connectivity index (χ1n) is 6.50. The Morgan fingerprint density at radius 2 is 2.25 bits per heavy atom. The van der Waals surface area contributed by atoms with Crippen molar-refractivity contribution in [1.29, 1.82) is 0 Å². The van der Waals surface area contributed by atoms with Gasteiger partial charge in [-0.15, -0.1) is 19.9 Å². The van der Waals surface area contributed by atoms with Crippen LogP contribution in [0.15, 0.2) is 41.8 Å². The van der Waals surface area contributed by atoms with Gasteiger partial charge in [-0.05, 0) is 37.3 Å². The number of halogens is 2. The molecule has 108 valence electrons. The van der Waals surface area contributed by atoms with Gasteiger partial charge in [0, 0.05) is 28.1 Å². The predicted molar refractivity (Wildman–Crippen MR) is 91.2 cm³/mol. The van der Waals surface area contributed by atoms with Crippen molar-refractivity contribution in [3.05, 3.63) is 47.0 Å². The van der Waals surface area contributed by atoms with Crippen molar-refractivity contribution in [2.75, 3.05) is 11.5 Å². The first-order chi connectivity index (χ1) is 9.63. The maximum absolute atomic E-state index is 6.50. The Kier molecular flexibility index (Phi) is 4.27. The van der Waals surface area contributed by atoms with Gasteiger partial charge in [0.05, 0.1) is 16.7 Å². The van der Waals surface area contributed by atoms with Crippen LogP contribution in [0.3, 0.4) is 0 Å². The molecule has 0 bridgehead atoms. The second-order valence-corrected chi connectivity index (χ2v) is 11.8. The van der Waals surface area contributed by atoms with Crippen molar-refractivity contribution in [2.24, 2.45) is 0 Å². The fourth-order valence-corrected chi connectivity index (χ4v) is 11.1. The molecule has 0 N–H and O–H groups in total. The maximum atomic E-state index is 6.50. The molecule has 1 aromatic carbocycles. The number of aromatic nitrogens is 2. The lowest BCUT2D eigenvalue weighted by atomic mass is 10.4. The summed E-state index contributed by atoms with van der Waals surface area (Å²) >= 11 is 12.6. The van der Waals surface area contributed by atoms with Gasteiger partial charge < -0.3 is 4.57 Å². The first-order valence-corrected chi connectivity index (χ1v) is 10.6. The van der Waals surface area contributed by atoms with Crippen LogP contribution in [0.4, 0.5) is 0 Å². The van der Waals surface area contributed by atoms with Crippen LogP contribution in [-0.4, -0.2) is 21.1 Å². The van der Waals surface area contributed by atoms with Gasteiger partial charge in [0.25, 0.3) is 0 Å². The molecule has 0 radical (unpaired) electrons. The van der Waals surface area contributed by atoms with Crippen LogP contribution in [0.25, 0.3) is 0 Å². The predicted octanol–water partition coefficient (Wildman–Crippen LogP) is 5.62. The molecule has 2 nitrogen and oxygen atoms in total. The third-order valence-electron chi connectivity index (χ3n) is 3.65. The Hall–Kier alpha value is -0.290. The van der Waals surface area contributed by atoms with E-state index in [9.17, 15) is 0 Å². The van der Waals surface area contributed by atoms with Gasteiger partial charge in [-0.2, -0.15) is 0 Å². The zero-order chi connectivity index (χ0) is 14.2. The Balaban J connectivity index is 2.08. The van der Waals surface area contributed by atoms with Crippen molar-refractivity contribution in [3.8, 4) is 0 Å². The van der Waals surface area contributed by atoms with Crippen molar-refractivity contribution in [3.63, 3.8) is 0 Å². The number of imidazole rings is 1. The van der Waals surface area contributed by atoms with Gasteiger partial charge in [-0.1, -0.05) is 23.2 Å². The number of hydrogen-bond donors (Lipinski definition) is 0. The minimum Gasteiger partial charge on any atom is -0.326 e. The minimum atomic E-state index is -1.04. The molecule has 2 heterocycles. The lowest BCUT2D eigenvalue weighted by molar-refractivity contribution is 0.729. The van der Waals surface area contributed by atoms with E-state index in [0.29, 0.717) is 10.4 Å². The van der Waals surface area contributed by atoms with Crippen molar-refractivity contribution < 1.29 is 0 Å². The average Bonchev–Trinajstić information content (AvgIpc) is 3.10. The van der Waals surface area contributed by atoms with E-state index in [4.69, 9.17) is 23.2 Å². The molecule has 1 saturated heterocycles. The van der Waals surface area contributed by atoms with Crippen LogP contribution in [0.2, 0.25) is 10.0 Å². The summed E-state index contributed by atoms with van der Waals surface area (Å²) < 4.78 is 2.21. The first kappa shape index (κ1) is 14.6. The van der Waals surface area contributed by atoms with Gasteiger partial charge in [0.15, 0.2) is 0 Å². The molecule has 0 spiro atoms. The summed E-state index contributed by atoms with van der Waals surface area (Å²) in [4.78, 5) is 5.46. The van der Waals surface area contributed by atoms with E-state index >= 15 is 0 Å². The Labute approximate surface area is 134 Å². The molecule has 2 atom stereocenters. The standard InChI is InChI=1S/C14H16Cl2N2S2/c1-11(18-6-5-17-10-18)20(8-2-7-19-20)14-4-3-12(15)9-13(14)16/h3-6,9-11H,2,7-8H2,1H3. The molecule has 1 aliphatic heterocycles. The third-order valence-corrected chi connectivity index (χ3v) is 12.2. The summed E-state index contributed by atoms with van der Waals surface area (Å²) in [6, 6.07) is 5.94. The molecule has 0 saturated carbocycles. The Morgan fingerprint density at radius 3 is 2.85 bits per heavy atom. The Bertz CT molecular complexity index is 595. The summed E-state index contributed by atoms with van der Waals surface area (Å²) in [6.07, 6.45) is 7.04. The fourth-order valence-electron chi connectivity index (χ4n) is 2.60. The highest BCUT2D eigenvalue weighted by Gasteiger charge is 2.38. The largest absolute Gasteiger partial charge is 0.326 e. The van der Waals surface area contributed by atoms with E-state index < -0.39 is 9.06 Å². The van der Waals surface area contributed by atoms with Gasteiger partial charge in [-0.25, -0.2) is 4.98 Å². The number of hydrogen-bond acceptors (Lipinski definition) is 2. The molecule has 20 heavy (non-hydrogen) atoms. The maximum Gasteiger partial charge on any atom is 0.0955 e. The van der Waals surface area contributed by atoms with Crippen molar-refractivity contribution in [2.45, 2.75) is 23.6 Å². The lowest BCUT2D eigenvalue weighted by Gasteiger charge is -2.41. The molecule has 0 amide bonds. The highest BCUT2D eigenvalue weighted by atomic mass is 35.5. The fraction of sp³-hybridized carbons (Fsp3) is 0.357. The summed E-state index contributed by atoms with van der Waals surface area (Å²) in [5.74, 6) is 2.41. The van der Waals surface area contributed by atoms with E-state index in [1.807, 2.05) is 30.9 Å². The number of benzene rings is 1. The van der Waals surface area contributed by atoms with Crippen LogP contribution in [0.1, 0.15) is 18.7 Å². The highest BCUT2D eigenvalue weighted by Crippen LogP contribution is 2.77. The molecule has 2 unspecified atom stereocenters. The normalized spacial score (nSPS) is 27.1. The van der Waals surface area contributed by atoms with E-state index in [1.165, 1.54) is 22.8 Å². The number of rotatable bonds is 3. The quantitative estimate of drug-likeness (QED) is 0.670. The third kappa shape index (κ3) is 2.47. The van der Waals surface area contributed by atoms with Gasteiger partial charge in [0.1, 0.15) is 0 Å². The Morgan fingerprint density at radius 1 is 1.40 bits per heavy atom. The second-order valence-electron chi connectivity index (χ2n) is 4.79. The van der Waals surface area contributed by atoms with E-state index in [2.05, 4.69) is 33.3 Å². The summed E-state index contributed by atoms with van der Waals surface area (Å²) in [7, 11) is 1.04. The minimum absolute atomic E-state index is 0.385.